The normalized spacial score (nSPS) is 26.7. The van der Waals surface area contributed by atoms with E-state index in [1.807, 2.05) is 0 Å². The van der Waals surface area contributed by atoms with E-state index in [2.05, 4.69) is 10.5 Å². The molecule has 1 aromatic heterocycles. The van der Waals surface area contributed by atoms with Crippen LogP contribution in [-0.2, 0) is 20.8 Å². The first-order valence-electron chi connectivity index (χ1n) is 11.6. The molecular weight excluding hydrogens is 500 g/mol. The van der Waals surface area contributed by atoms with E-state index in [4.69, 9.17) is 10.3 Å². The molecule has 0 aliphatic heterocycles. The molecule has 0 saturated heterocycles. The molecule has 3 aliphatic carbocycles. The summed E-state index contributed by atoms with van der Waals surface area (Å²) in [4.78, 5) is 52.7. The van der Waals surface area contributed by atoms with E-state index >= 15 is 0 Å². The summed E-state index contributed by atoms with van der Waals surface area (Å²) in [6.45, 7) is 0. The van der Waals surface area contributed by atoms with Crippen molar-refractivity contribution in [1.29, 1.82) is 0 Å². The quantitative estimate of drug-likeness (QED) is 0.234. The maximum atomic E-state index is 13.8. The maximum Gasteiger partial charge on any atom is 0.294 e. The summed E-state index contributed by atoms with van der Waals surface area (Å²) in [5.41, 5.74) is 1.64. The molecule has 0 bridgehead atoms. The molecule has 0 radical (unpaired) electrons. The van der Waals surface area contributed by atoms with Crippen molar-refractivity contribution >= 4 is 34.8 Å². The number of rotatable bonds is 4. The standard InChI is InChI=1S/C25H24N4O9/c1-29(2)17-11-8-10-7-9-3-4-12(28-24(36)13-5-6-27-38-13)18(30)14(9)19(31)15(10)21(33)25(11,37)22(34)16(20(17)32)23(26)35/h3-6,10-11,17,30-31,34,37H,7-8H2,1-2H3,(H2,26,35)(H,28,36). The fourth-order valence-corrected chi connectivity index (χ4v) is 5.84. The summed E-state index contributed by atoms with van der Waals surface area (Å²) in [6.07, 6.45) is 1.38. The number of anilines is 1. The molecule has 4 atom stereocenters. The van der Waals surface area contributed by atoms with Crippen LogP contribution < -0.4 is 11.1 Å². The van der Waals surface area contributed by atoms with Gasteiger partial charge in [0.15, 0.2) is 11.4 Å². The van der Waals surface area contributed by atoms with E-state index in [0.29, 0.717) is 5.56 Å². The van der Waals surface area contributed by atoms with Crippen LogP contribution in [0.15, 0.2) is 45.8 Å². The summed E-state index contributed by atoms with van der Waals surface area (Å²) in [5.74, 6) is -8.30. The Morgan fingerprint density at radius 2 is 1.89 bits per heavy atom. The van der Waals surface area contributed by atoms with E-state index in [1.54, 1.807) is 6.07 Å². The number of carbonyl (C=O) groups excluding carboxylic acids is 4. The van der Waals surface area contributed by atoms with Gasteiger partial charge in [-0.1, -0.05) is 11.2 Å². The van der Waals surface area contributed by atoms with Crippen LogP contribution in [0.2, 0.25) is 0 Å². The number of amides is 2. The van der Waals surface area contributed by atoms with E-state index < -0.39 is 69.7 Å². The Bertz CT molecular complexity index is 1470. The van der Waals surface area contributed by atoms with Gasteiger partial charge >= 0.3 is 0 Å². The fourth-order valence-electron chi connectivity index (χ4n) is 5.84. The van der Waals surface area contributed by atoms with Gasteiger partial charge < -0.3 is 36.0 Å². The van der Waals surface area contributed by atoms with Crippen molar-refractivity contribution in [2.24, 2.45) is 17.6 Å². The molecule has 13 heteroatoms. The molecule has 5 rings (SSSR count). The number of nitrogens with zero attached hydrogens (tertiary/aromatic N) is 2. The molecule has 2 aromatic rings. The number of hydrogen-bond donors (Lipinski definition) is 6. The molecule has 7 N–H and O–H groups in total. The lowest BCUT2D eigenvalue weighted by atomic mass is 9.57. The van der Waals surface area contributed by atoms with Gasteiger partial charge in [0.1, 0.15) is 22.8 Å². The number of nitrogens with one attached hydrogen (secondary N) is 1. The summed E-state index contributed by atoms with van der Waals surface area (Å²) in [6, 6.07) is 3.13. The number of fused-ring (bicyclic) bond motifs is 3. The minimum absolute atomic E-state index is 0.0174. The second-order valence-electron chi connectivity index (χ2n) is 9.79. The van der Waals surface area contributed by atoms with Crippen molar-refractivity contribution in [3.63, 3.8) is 0 Å². The number of ketones is 2. The number of aromatic nitrogens is 1. The number of phenols is 1. The molecule has 0 spiro atoms. The molecule has 2 amide bonds. The molecule has 1 fully saturated rings. The first kappa shape index (κ1) is 25.2. The largest absolute Gasteiger partial charge is 0.508 e. The monoisotopic (exact) mass is 524 g/mol. The molecule has 1 aromatic carbocycles. The van der Waals surface area contributed by atoms with Gasteiger partial charge in [-0.3, -0.25) is 24.1 Å². The number of nitrogens with two attached hydrogens (primary N) is 1. The molecule has 3 aliphatic rings. The van der Waals surface area contributed by atoms with Crippen LogP contribution in [0.1, 0.15) is 28.1 Å². The van der Waals surface area contributed by atoms with Gasteiger partial charge in [0.05, 0.1) is 23.5 Å². The molecule has 1 heterocycles. The average Bonchev–Trinajstić information content (AvgIpc) is 3.38. The number of primary amides is 1. The van der Waals surface area contributed by atoms with Crippen LogP contribution in [0.3, 0.4) is 0 Å². The molecule has 1 saturated carbocycles. The highest BCUT2D eigenvalue weighted by atomic mass is 16.5. The highest BCUT2D eigenvalue weighted by Gasteiger charge is 2.64. The van der Waals surface area contributed by atoms with Gasteiger partial charge in [0, 0.05) is 17.6 Å². The highest BCUT2D eigenvalue weighted by Crippen LogP contribution is 2.53. The summed E-state index contributed by atoms with van der Waals surface area (Å²) in [5, 5.41) is 50.5. The number of carbonyl (C=O) groups is 4. The average molecular weight is 524 g/mol. The third-order valence-corrected chi connectivity index (χ3v) is 7.50. The fraction of sp³-hybridized carbons (Fsp3) is 0.320. The predicted octanol–water partition coefficient (Wildman–Crippen LogP) is 0.204. The van der Waals surface area contributed by atoms with Gasteiger partial charge in [-0.25, -0.2) is 0 Å². The van der Waals surface area contributed by atoms with Crippen molar-refractivity contribution in [3.05, 3.63) is 58.2 Å². The lowest BCUT2D eigenvalue weighted by Crippen LogP contribution is -2.65. The lowest BCUT2D eigenvalue weighted by Gasteiger charge is -2.50. The van der Waals surface area contributed by atoms with Crippen LogP contribution in [0.4, 0.5) is 5.69 Å². The van der Waals surface area contributed by atoms with Crippen molar-refractivity contribution in [3.8, 4) is 5.75 Å². The Morgan fingerprint density at radius 1 is 1.18 bits per heavy atom. The zero-order valence-electron chi connectivity index (χ0n) is 20.3. The third kappa shape index (κ3) is 3.35. The summed E-state index contributed by atoms with van der Waals surface area (Å²) >= 11 is 0. The van der Waals surface area contributed by atoms with E-state index in [-0.39, 0.29) is 35.4 Å². The Labute approximate surface area is 214 Å². The van der Waals surface area contributed by atoms with E-state index in [1.165, 1.54) is 37.3 Å². The second kappa shape index (κ2) is 8.53. The van der Waals surface area contributed by atoms with Crippen molar-refractivity contribution < 1.29 is 44.1 Å². The van der Waals surface area contributed by atoms with Crippen LogP contribution in [0.5, 0.6) is 5.75 Å². The molecule has 13 nitrogen and oxygen atoms in total. The Morgan fingerprint density at radius 3 is 2.50 bits per heavy atom. The summed E-state index contributed by atoms with van der Waals surface area (Å²) in [7, 11) is 3.06. The Hall–Kier alpha value is -4.49. The lowest BCUT2D eigenvalue weighted by molar-refractivity contribution is -0.153. The van der Waals surface area contributed by atoms with Crippen molar-refractivity contribution in [1.82, 2.24) is 10.1 Å². The molecule has 4 unspecified atom stereocenters. The number of hydrogen-bond acceptors (Lipinski definition) is 11. The van der Waals surface area contributed by atoms with E-state index in [9.17, 15) is 39.6 Å². The molecular formula is C25H24N4O9. The van der Waals surface area contributed by atoms with Gasteiger partial charge in [-0.05, 0) is 44.5 Å². The van der Waals surface area contributed by atoms with Crippen LogP contribution >= 0.6 is 0 Å². The summed E-state index contributed by atoms with van der Waals surface area (Å²) < 4.78 is 4.79. The van der Waals surface area contributed by atoms with Crippen LogP contribution in [0.25, 0.3) is 5.76 Å². The zero-order chi connectivity index (χ0) is 27.7. The van der Waals surface area contributed by atoms with Gasteiger partial charge in [-0.15, -0.1) is 0 Å². The van der Waals surface area contributed by atoms with Crippen molar-refractivity contribution in [2.75, 3.05) is 19.4 Å². The molecule has 198 valence electrons. The van der Waals surface area contributed by atoms with Gasteiger partial charge in [0.2, 0.25) is 11.5 Å². The smallest absolute Gasteiger partial charge is 0.294 e. The number of benzene rings is 1. The minimum Gasteiger partial charge on any atom is -0.508 e. The van der Waals surface area contributed by atoms with Crippen LogP contribution in [0, 0.1) is 11.8 Å². The Kier molecular flexibility index (Phi) is 5.65. The van der Waals surface area contributed by atoms with Crippen molar-refractivity contribution in [2.45, 2.75) is 24.5 Å². The first-order valence-corrected chi connectivity index (χ1v) is 11.6. The third-order valence-electron chi connectivity index (χ3n) is 7.50. The maximum absolute atomic E-state index is 13.8. The zero-order valence-corrected chi connectivity index (χ0v) is 20.3. The van der Waals surface area contributed by atoms with Crippen LogP contribution in [-0.4, -0.2) is 79.6 Å². The first-order chi connectivity index (χ1) is 17.9. The Balaban J connectivity index is 1.63. The number of likely N-dealkylation sites (N-methyl/N-ethyl adjacent to an activating group) is 1. The number of aliphatic hydroxyl groups excluding tert-OH is 2. The van der Waals surface area contributed by atoms with E-state index in [0.717, 1.165) is 0 Å². The second-order valence-corrected chi connectivity index (χ2v) is 9.79. The number of aliphatic hydroxyl groups is 3. The van der Waals surface area contributed by atoms with Gasteiger partial charge in [-0.2, -0.15) is 0 Å². The minimum atomic E-state index is -2.72. The highest BCUT2D eigenvalue weighted by molar-refractivity contribution is 6.24. The topological polar surface area (TPSA) is 217 Å². The van der Waals surface area contributed by atoms with Gasteiger partial charge in [0.25, 0.3) is 11.8 Å². The number of Topliss-reactive ketones (excluding diaryl/α,β-unsaturated/α-hetero) is 2. The number of aromatic hydroxyl groups is 1. The predicted molar refractivity (Wildman–Crippen MR) is 129 cm³/mol. The molecule has 38 heavy (non-hydrogen) atoms. The SMILES string of the molecule is CN(C)C1C(=O)C(C(N)=O)=C(O)C2(O)C(=O)C3=C(O)c4c(ccc(NC(=O)c5ccno5)c4O)CC3CC12. The number of phenolic OH excluding ortho intramolecular Hbond substituents is 1.